The Balaban J connectivity index is 1.79. The lowest BCUT2D eigenvalue weighted by Crippen LogP contribution is -2.44. The van der Waals surface area contributed by atoms with E-state index in [0.717, 1.165) is 52.1 Å². The van der Waals surface area contributed by atoms with Crippen LogP contribution >= 0.6 is 0 Å². The van der Waals surface area contributed by atoms with Gasteiger partial charge in [-0.3, -0.25) is 0 Å². The molecule has 4 nitrogen and oxygen atoms in total. The first-order valence-electron chi connectivity index (χ1n) is 7.35. The van der Waals surface area contributed by atoms with Crippen molar-refractivity contribution in [3.05, 3.63) is 0 Å². The molecule has 0 aromatic rings. The second-order valence-corrected chi connectivity index (χ2v) is 5.65. The predicted octanol–water partition coefficient (Wildman–Crippen LogP) is 2.34. The van der Waals surface area contributed by atoms with Crippen molar-refractivity contribution in [3.8, 4) is 0 Å². The van der Waals surface area contributed by atoms with E-state index >= 15 is 0 Å². The summed E-state index contributed by atoms with van der Waals surface area (Å²) in [6.45, 7) is 4.42. The van der Waals surface area contributed by atoms with Gasteiger partial charge in [-0.05, 0) is 25.7 Å². The molecule has 2 amide bonds. The van der Waals surface area contributed by atoms with Gasteiger partial charge in [0.1, 0.15) is 0 Å². The van der Waals surface area contributed by atoms with Crippen molar-refractivity contribution in [1.29, 1.82) is 0 Å². The van der Waals surface area contributed by atoms with Crippen LogP contribution in [-0.2, 0) is 4.74 Å². The highest BCUT2D eigenvalue weighted by atomic mass is 16.5. The number of likely N-dealkylation sites (tertiary alicyclic amines) is 1. The average Bonchev–Trinajstić information content (AvgIpc) is 2.68. The summed E-state index contributed by atoms with van der Waals surface area (Å²) in [5, 5.41) is 0. The highest BCUT2D eigenvalue weighted by molar-refractivity contribution is 5.74. The summed E-state index contributed by atoms with van der Waals surface area (Å²) in [6, 6.07) is 0.211. The van der Waals surface area contributed by atoms with Gasteiger partial charge >= 0.3 is 6.03 Å². The van der Waals surface area contributed by atoms with E-state index in [4.69, 9.17) is 4.74 Å². The van der Waals surface area contributed by atoms with Crippen LogP contribution in [0.4, 0.5) is 4.79 Å². The van der Waals surface area contributed by atoms with Crippen LogP contribution in [0.1, 0.15) is 38.5 Å². The maximum absolute atomic E-state index is 12.3. The molecule has 0 radical (unpaired) electrons. The van der Waals surface area contributed by atoms with Crippen molar-refractivity contribution in [2.24, 2.45) is 5.92 Å². The second-order valence-electron chi connectivity index (χ2n) is 5.65. The Kier molecular flexibility index (Phi) is 5.29. The molecule has 2 saturated heterocycles. The molecule has 2 heterocycles. The lowest BCUT2D eigenvalue weighted by atomic mass is 10.0. The number of amides is 2. The zero-order chi connectivity index (χ0) is 12.8. The van der Waals surface area contributed by atoms with Crippen molar-refractivity contribution < 1.29 is 9.53 Å². The number of carbonyl (C=O) groups is 1. The van der Waals surface area contributed by atoms with E-state index in [1.165, 1.54) is 19.3 Å². The number of ether oxygens (including phenoxy) is 1. The fourth-order valence-corrected chi connectivity index (χ4v) is 2.92. The van der Waals surface area contributed by atoms with E-state index < -0.39 is 0 Å². The number of hydrogen-bond acceptors (Lipinski definition) is 2. The lowest BCUT2D eigenvalue weighted by molar-refractivity contribution is 0.0435. The van der Waals surface area contributed by atoms with Crippen molar-refractivity contribution >= 4 is 6.03 Å². The van der Waals surface area contributed by atoms with Gasteiger partial charge in [-0.1, -0.05) is 12.8 Å². The minimum atomic E-state index is 0.211. The van der Waals surface area contributed by atoms with Crippen LogP contribution in [-0.4, -0.2) is 55.7 Å². The van der Waals surface area contributed by atoms with Crippen LogP contribution in [0.15, 0.2) is 0 Å². The Bertz CT molecular complexity index is 257. The molecule has 1 unspecified atom stereocenters. The zero-order valence-electron chi connectivity index (χ0n) is 11.6. The van der Waals surface area contributed by atoms with Gasteiger partial charge in [0.25, 0.3) is 0 Å². The molecule has 0 saturated carbocycles. The van der Waals surface area contributed by atoms with E-state index in [-0.39, 0.29) is 6.03 Å². The number of urea groups is 1. The third-order valence-electron chi connectivity index (χ3n) is 3.99. The first-order valence-corrected chi connectivity index (χ1v) is 7.35. The smallest absolute Gasteiger partial charge is 0.319 e. The summed E-state index contributed by atoms with van der Waals surface area (Å²) in [5.41, 5.74) is 0. The minimum Gasteiger partial charge on any atom is -0.381 e. The van der Waals surface area contributed by atoms with Gasteiger partial charge in [0.2, 0.25) is 0 Å². The van der Waals surface area contributed by atoms with Gasteiger partial charge in [0, 0.05) is 39.2 Å². The maximum atomic E-state index is 12.3. The highest BCUT2D eigenvalue weighted by Crippen LogP contribution is 2.16. The standard InChI is InChI=1S/C14H26N2O2/c1-15(11-13-7-6-10-18-12-13)14(17)16-8-4-2-3-5-9-16/h13H,2-12H2,1H3. The molecule has 104 valence electrons. The van der Waals surface area contributed by atoms with E-state index in [1.54, 1.807) is 0 Å². The average molecular weight is 254 g/mol. The van der Waals surface area contributed by atoms with E-state index in [2.05, 4.69) is 0 Å². The fourth-order valence-electron chi connectivity index (χ4n) is 2.92. The zero-order valence-corrected chi connectivity index (χ0v) is 11.6. The van der Waals surface area contributed by atoms with Gasteiger partial charge in [-0.25, -0.2) is 4.79 Å². The number of hydrogen-bond donors (Lipinski definition) is 0. The topological polar surface area (TPSA) is 32.8 Å². The third-order valence-corrected chi connectivity index (χ3v) is 3.99. The fraction of sp³-hybridized carbons (Fsp3) is 0.929. The summed E-state index contributed by atoms with van der Waals surface area (Å²) in [6.07, 6.45) is 7.18. The molecule has 18 heavy (non-hydrogen) atoms. The van der Waals surface area contributed by atoms with Gasteiger partial charge in [-0.15, -0.1) is 0 Å². The molecule has 2 fully saturated rings. The molecule has 0 N–H and O–H groups in total. The Morgan fingerprint density at radius 2 is 1.94 bits per heavy atom. The molecule has 0 aromatic heterocycles. The highest BCUT2D eigenvalue weighted by Gasteiger charge is 2.22. The normalized spacial score (nSPS) is 25.6. The SMILES string of the molecule is CN(CC1CCCOC1)C(=O)N1CCCCCC1. The molecule has 0 spiro atoms. The molecule has 0 aliphatic carbocycles. The Labute approximate surface area is 110 Å². The van der Waals surface area contributed by atoms with Crippen LogP contribution in [0.5, 0.6) is 0 Å². The molecule has 0 aromatic carbocycles. The van der Waals surface area contributed by atoms with Crippen molar-refractivity contribution in [2.45, 2.75) is 38.5 Å². The van der Waals surface area contributed by atoms with Crippen LogP contribution in [0, 0.1) is 5.92 Å². The second kappa shape index (κ2) is 6.98. The summed E-state index contributed by atoms with van der Waals surface area (Å²) >= 11 is 0. The molecule has 2 aliphatic rings. The van der Waals surface area contributed by atoms with Gasteiger partial charge < -0.3 is 14.5 Å². The van der Waals surface area contributed by atoms with Crippen LogP contribution in [0.3, 0.4) is 0 Å². The van der Waals surface area contributed by atoms with Crippen molar-refractivity contribution in [1.82, 2.24) is 9.80 Å². The van der Waals surface area contributed by atoms with E-state index in [9.17, 15) is 4.79 Å². The summed E-state index contributed by atoms with van der Waals surface area (Å²) in [4.78, 5) is 16.3. The first-order chi connectivity index (χ1) is 8.77. The van der Waals surface area contributed by atoms with Crippen LogP contribution in [0.2, 0.25) is 0 Å². The van der Waals surface area contributed by atoms with Gasteiger partial charge in [-0.2, -0.15) is 0 Å². The maximum Gasteiger partial charge on any atom is 0.319 e. The lowest BCUT2D eigenvalue weighted by Gasteiger charge is -2.31. The summed E-state index contributed by atoms with van der Waals surface area (Å²) in [7, 11) is 1.93. The molecule has 2 aliphatic heterocycles. The number of carbonyl (C=O) groups excluding carboxylic acids is 1. The van der Waals surface area contributed by atoms with Crippen molar-refractivity contribution in [2.75, 3.05) is 39.9 Å². The summed E-state index contributed by atoms with van der Waals surface area (Å²) in [5.74, 6) is 0.527. The molecule has 1 atom stereocenters. The molecule has 0 bridgehead atoms. The molecular formula is C14H26N2O2. The number of rotatable bonds is 2. The molecule has 4 heteroatoms. The van der Waals surface area contributed by atoms with Gasteiger partial charge in [0.05, 0.1) is 6.61 Å². The predicted molar refractivity (Wildman–Crippen MR) is 71.6 cm³/mol. The van der Waals surface area contributed by atoms with Crippen LogP contribution in [0.25, 0.3) is 0 Å². The number of nitrogens with zero attached hydrogens (tertiary/aromatic N) is 2. The Morgan fingerprint density at radius 1 is 1.22 bits per heavy atom. The monoisotopic (exact) mass is 254 g/mol. The third kappa shape index (κ3) is 3.87. The van der Waals surface area contributed by atoms with E-state index in [1.807, 2.05) is 16.8 Å². The Hall–Kier alpha value is -0.770. The van der Waals surface area contributed by atoms with Crippen molar-refractivity contribution in [3.63, 3.8) is 0 Å². The van der Waals surface area contributed by atoms with E-state index in [0.29, 0.717) is 5.92 Å². The largest absolute Gasteiger partial charge is 0.381 e. The minimum absolute atomic E-state index is 0.211. The Morgan fingerprint density at radius 3 is 2.56 bits per heavy atom. The molecular weight excluding hydrogens is 228 g/mol. The quantitative estimate of drug-likeness (QED) is 0.757. The first kappa shape index (κ1) is 13.7. The molecule has 2 rings (SSSR count). The van der Waals surface area contributed by atoms with Gasteiger partial charge in [0.15, 0.2) is 0 Å². The van der Waals surface area contributed by atoms with Crippen LogP contribution < -0.4 is 0 Å². The summed E-state index contributed by atoms with van der Waals surface area (Å²) < 4.78 is 5.48.